The van der Waals surface area contributed by atoms with Crippen molar-refractivity contribution < 1.29 is 9.47 Å². The number of methoxy groups -OCH3 is 2. The predicted octanol–water partition coefficient (Wildman–Crippen LogP) is 3.76. The molecular weight excluding hydrogens is 264 g/mol. The van der Waals surface area contributed by atoms with Crippen molar-refractivity contribution in [3.63, 3.8) is 0 Å². The van der Waals surface area contributed by atoms with E-state index in [9.17, 15) is 0 Å². The van der Waals surface area contributed by atoms with Gasteiger partial charge in [0.2, 0.25) is 5.88 Å². The van der Waals surface area contributed by atoms with Gasteiger partial charge in [-0.2, -0.15) is 5.26 Å². The minimum absolute atomic E-state index is 0.415. The van der Waals surface area contributed by atoms with Crippen LogP contribution in [-0.2, 0) is 0 Å². The van der Waals surface area contributed by atoms with Crippen LogP contribution in [-0.4, -0.2) is 19.2 Å². The molecular formula is C17H18N2O2. The van der Waals surface area contributed by atoms with Crippen molar-refractivity contribution in [3.8, 4) is 28.8 Å². The van der Waals surface area contributed by atoms with Crippen LogP contribution in [0.1, 0.15) is 30.9 Å². The van der Waals surface area contributed by atoms with Crippen molar-refractivity contribution in [2.75, 3.05) is 14.2 Å². The number of hydrogen-bond acceptors (Lipinski definition) is 4. The average molecular weight is 282 g/mol. The number of rotatable bonds is 4. The third kappa shape index (κ3) is 2.97. The first-order valence-electron chi connectivity index (χ1n) is 6.73. The third-order valence-electron chi connectivity index (χ3n) is 3.36. The van der Waals surface area contributed by atoms with Gasteiger partial charge in [-0.05, 0) is 23.6 Å². The molecule has 2 rings (SSSR count). The van der Waals surface area contributed by atoms with Crippen molar-refractivity contribution in [1.82, 2.24) is 4.98 Å². The Morgan fingerprint density at radius 2 is 1.86 bits per heavy atom. The summed E-state index contributed by atoms with van der Waals surface area (Å²) in [6.45, 7) is 4.26. The molecule has 0 atom stereocenters. The average Bonchev–Trinajstić information content (AvgIpc) is 2.53. The molecule has 0 amide bonds. The second kappa shape index (κ2) is 6.27. The summed E-state index contributed by atoms with van der Waals surface area (Å²) in [5.41, 5.74) is 3.30. The zero-order chi connectivity index (χ0) is 15.4. The molecule has 21 heavy (non-hydrogen) atoms. The maximum Gasteiger partial charge on any atom is 0.221 e. The summed E-state index contributed by atoms with van der Waals surface area (Å²) in [4.78, 5) is 4.18. The Bertz CT molecular complexity index is 688. The second-order valence-corrected chi connectivity index (χ2v) is 5.01. The third-order valence-corrected chi connectivity index (χ3v) is 3.36. The number of ether oxygens (including phenoxy) is 2. The van der Waals surface area contributed by atoms with Crippen molar-refractivity contribution in [3.05, 3.63) is 41.6 Å². The Balaban J connectivity index is 2.63. The smallest absolute Gasteiger partial charge is 0.221 e. The molecule has 0 aliphatic rings. The largest absolute Gasteiger partial charge is 0.496 e. The van der Waals surface area contributed by atoms with E-state index in [2.05, 4.69) is 31.0 Å². The van der Waals surface area contributed by atoms with Crippen molar-refractivity contribution >= 4 is 0 Å². The zero-order valence-corrected chi connectivity index (χ0v) is 12.7. The fourth-order valence-electron chi connectivity index (χ4n) is 2.16. The summed E-state index contributed by atoms with van der Waals surface area (Å²) in [6.07, 6.45) is 1.50. The summed E-state index contributed by atoms with van der Waals surface area (Å²) < 4.78 is 10.8. The topological polar surface area (TPSA) is 55.1 Å². The number of aromatic nitrogens is 1. The molecule has 0 aliphatic carbocycles. The second-order valence-electron chi connectivity index (χ2n) is 5.01. The molecule has 0 aliphatic heterocycles. The first kappa shape index (κ1) is 14.9. The molecule has 1 aromatic heterocycles. The first-order chi connectivity index (χ1) is 10.1. The van der Waals surface area contributed by atoms with Crippen LogP contribution < -0.4 is 9.47 Å². The van der Waals surface area contributed by atoms with Gasteiger partial charge in [-0.1, -0.05) is 26.0 Å². The molecule has 4 nitrogen and oxygen atoms in total. The van der Waals surface area contributed by atoms with E-state index in [1.807, 2.05) is 12.1 Å². The number of nitrogens with zero attached hydrogens (tertiary/aromatic N) is 2. The number of benzene rings is 1. The van der Waals surface area contributed by atoms with E-state index >= 15 is 0 Å². The maximum atomic E-state index is 9.05. The fourth-order valence-corrected chi connectivity index (χ4v) is 2.16. The van der Waals surface area contributed by atoms with E-state index < -0.39 is 0 Å². The summed E-state index contributed by atoms with van der Waals surface area (Å²) in [5.74, 6) is 1.64. The van der Waals surface area contributed by atoms with Gasteiger partial charge < -0.3 is 9.47 Å². The standard InChI is InChI=1S/C17H18N2O2/c1-11(2)13-5-6-14(16(8-13)20-3)15-7-12(9-18)10-19-17(15)21-4/h5-8,10-11H,1-4H3. The minimum atomic E-state index is 0.415. The molecule has 0 fully saturated rings. The van der Waals surface area contributed by atoms with E-state index in [0.717, 1.165) is 16.9 Å². The van der Waals surface area contributed by atoms with E-state index in [4.69, 9.17) is 14.7 Å². The molecule has 0 bridgehead atoms. The Kier molecular flexibility index (Phi) is 4.44. The Morgan fingerprint density at radius 3 is 2.43 bits per heavy atom. The number of nitriles is 1. The van der Waals surface area contributed by atoms with Gasteiger partial charge in [0.25, 0.3) is 0 Å². The highest BCUT2D eigenvalue weighted by atomic mass is 16.5. The molecule has 0 spiro atoms. The maximum absolute atomic E-state index is 9.05. The van der Waals surface area contributed by atoms with Crippen LogP contribution in [0.15, 0.2) is 30.5 Å². The van der Waals surface area contributed by atoms with E-state index in [-0.39, 0.29) is 0 Å². The summed E-state index contributed by atoms with van der Waals surface area (Å²) in [7, 11) is 3.20. The summed E-state index contributed by atoms with van der Waals surface area (Å²) >= 11 is 0. The molecule has 4 heteroatoms. The molecule has 0 saturated heterocycles. The van der Waals surface area contributed by atoms with Gasteiger partial charge in [0.05, 0.1) is 19.8 Å². The van der Waals surface area contributed by atoms with Crippen LogP contribution in [0.2, 0.25) is 0 Å². The van der Waals surface area contributed by atoms with Gasteiger partial charge in [0.1, 0.15) is 11.8 Å². The summed E-state index contributed by atoms with van der Waals surface area (Å²) in [5, 5.41) is 9.05. The molecule has 0 N–H and O–H groups in total. The predicted molar refractivity (Wildman–Crippen MR) is 81.6 cm³/mol. The highest BCUT2D eigenvalue weighted by molar-refractivity contribution is 5.76. The zero-order valence-electron chi connectivity index (χ0n) is 12.7. The van der Waals surface area contributed by atoms with Gasteiger partial charge in [-0.25, -0.2) is 4.98 Å². The fraction of sp³-hybridized carbons (Fsp3) is 0.294. The molecule has 0 saturated carbocycles. The van der Waals surface area contributed by atoms with Crippen molar-refractivity contribution in [2.24, 2.45) is 0 Å². The lowest BCUT2D eigenvalue weighted by Crippen LogP contribution is -1.97. The Labute approximate surface area is 125 Å². The molecule has 2 aromatic rings. The van der Waals surface area contributed by atoms with Crippen LogP contribution in [0.3, 0.4) is 0 Å². The van der Waals surface area contributed by atoms with Crippen LogP contribution in [0, 0.1) is 11.3 Å². The van der Waals surface area contributed by atoms with Crippen LogP contribution in [0.5, 0.6) is 11.6 Å². The number of pyridine rings is 1. The molecule has 108 valence electrons. The van der Waals surface area contributed by atoms with Gasteiger partial charge >= 0.3 is 0 Å². The molecule has 1 aromatic carbocycles. The summed E-state index contributed by atoms with van der Waals surface area (Å²) in [6, 6.07) is 9.91. The van der Waals surface area contributed by atoms with Gasteiger partial charge in [-0.15, -0.1) is 0 Å². The van der Waals surface area contributed by atoms with E-state index in [1.54, 1.807) is 20.3 Å². The van der Waals surface area contributed by atoms with E-state index in [0.29, 0.717) is 17.4 Å². The van der Waals surface area contributed by atoms with Crippen molar-refractivity contribution in [2.45, 2.75) is 19.8 Å². The van der Waals surface area contributed by atoms with Crippen LogP contribution >= 0.6 is 0 Å². The van der Waals surface area contributed by atoms with Crippen LogP contribution in [0.4, 0.5) is 0 Å². The van der Waals surface area contributed by atoms with Gasteiger partial charge in [-0.3, -0.25) is 0 Å². The normalized spacial score (nSPS) is 10.3. The Hall–Kier alpha value is -2.54. The lowest BCUT2D eigenvalue weighted by Gasteiger charge is -2.14. The number of hydrogen-bond donors (Lipinski definition) is 0. The van der Waals surface area contributed by atoms with Gasteiger partial charge in [0.15, 0.2) is 0 Å². The highest BCUT2D eigenvalue weighted by Gasteiger charge is 2.14. The molecule has 1 heterocycles. The van der Waals surface area contributed by atoms with Gasteiger partial charge in [0, 0.05) is 17.3 Å². The molecule has 0 radical (unpaired) electrons. The minimum Gasteiger partial charge on any atom is -0.496 e. The van der Waals surface area contributed by atoms with E-state index in [1.165, 1.54) is 11.8 Å². The lowest BCUT2D eigenvalue weighted by molar-refractivity contribution is 0.397. The quantitative estimate of drug-likeness (QED) is 0.856. The molecule has 0 unspecified atom stereocenters. The van der Waals surface area contributed by atoms with Crippen LogP contribution in [0.25, 0.3) is 11.1 Å². The lowest BCUT2D eigenvalue weighted by atomic mass is 9.97. The first-order valence-corrected chi connectivity index (χ1v) is 6.73. The highest BCUT2D eigenvalue weighted by Crippen LogP contribution is 2.37. The monoisotopic (exact) mass is 282 g/mol. The SMILES string of the molecule is COc1cc(C(C)C)ccc1-c1cc(C#N)cnc1OC. The Morgan fingerprint density at radius 1 is 1.10 bits per heavy atom. The van der Waals surface area contributed by atoms with Crippen molar-refractivity contribution in [1.29, 1.82) is 5.26 Å².